The van der Waals surface area contributed by atoms with E-state index in [9.17, 15) is 0 Å². The van der Waals surface area contributed by atoms with Gasteiger partial charge in [0, 0.05) is 47.0 Å². The van der Waals surface area contributed by atoms with Gasteiger partial charge in [-0.2, -0.15) is 0 Å². The maximum absolute atomic E-state index is 5.32. The Morgan fingerprint density at radius 2 is 0.688 bits per heavy atom. The molecular weight excluding hydrogens is 585 g/mol. The number of rotatable bonds is 4. The second-order valence-corrected chi connectivity index (χ2v) is 12.0. The lowest BCUT2D eigenvalue weighted by molar-refractivity contribution is 1.26. The minimum atomic E-state index is 0.812. The molecule has 224 valence electrons. The fourth-order valence-corrected chi connectivity index (χ4v) is 6.54. The molecule has 4 nitrogen and oxygen atoms in total. The Kier molecular flexibility index (Phi) is 6.76. The third-order valence-corrected chi connectivity index (χ3v) is 9.01. The lowest BCUT2D eigenvalue weighted by Crippen LogP contribution is -2.11. The molecule has 0 bridgehead atoms. The van der Waals surface area contributed by atoms with Crippen molar-refractivity contribution in [2.24, 2.45) is 9.98 Å². The average molecular weight is 613 g/mol. The minimum Gasteiger partial charge on any atom is -0.264 e. The summed E-state index contributed by atoms with van der Waals surface area (Å²) in [6, 6.07) is 51.2. The number of hydrogen-bond donors (Lipinski definition) is 0. The first-order chi connectivity index (χ1) is 23.8. The van der Waals surface area contributed by atoms with E-state index in [-0.39, 0.29) is 0 Å². The lowest BCUT2D eigenvalue weighted by atomic mass is 9.94. The van der Waals surface area contributed by atoms with Gasteiger partial charge in [-0.15, -0.1) is 0 Å². The average Bonchev–Trinajstić information content (AvgIpc) is 3.15. The summed E-state index contributed by atoms with van der Waals surface area (Å²) in [7, 11) is 0. The molecule has 0 atom stereocenters. The SMILES string of the molecule is c1ccc(-c2ccc3cc(C4=Nc5ccncc5C(c5ccc6cc(-c7ccccc7)ccc6c5)=Nc5ccncc54)ccc3c2)cc1. The van der Waals surface area contributed by atoms with Gasteiger partial charge in [-0.05, 0) is 80.2 Å². The molecule has 0 spiro atoms. The second kappa shape index (κ2) is 11.7. The van der Waals surface area contributed by atoms with Gasteiger partial charge in [0.1, 0.15) is 0 Å². The summed E-state index contributed by atoms with van der Waals surface area (Å²) >= 11 is 0. The van der Waals surface area contributed by atoms with Crippen LogP contribution in [0, 0.1) is 0 Å². The van der Waals surface area contributed by atoms with Crippen LogP contribution in [0.5, 0.6) is 0 Å². The van der Waals surface area contributed by atoms with Gasteiger partial charge in [0.2, 0.25) is 0 Å². The number of nitrogens with zero attached hydrogens (tertiary/aromatic N) is 4. The number of aromatic nitrogens is 2. The summed E-state index contributed by atoms with van der Waals surface area (Å²) < 4.78 is 0. The van der Waals surface area contributed by atoms with E-state index in [0.29, 0.717) is 0 Å². The highest BCUT2D eigenvalue weighted by atomic mass is 14.9. The van der Waals surface area contributed by atoms with E-state index in [0.717, 1.165) is 55.8 Å². The highest BCUT2D eigenvalue weighted by Crippen LogP contribution is 2.35. The van der Waals surface area contributed by atoms with E-state index in [4.69, 9.17) is 9.98 Å². The summed E-state index contributed by atoms with van der Waals surface area (Å²) in [5.41, 5.74) is 11.9. The van der Waals surface area contributed by atoms with Gasteiger partial charge in [0.25, 0.3) is 0 Å². The Morgan fingerprint density at radius 3 is 1.10 bits per heavy atom. The minimum absolute atomic E-state index is 0.812. The smallest absolute Gasteiger partial charge is 0.0819 e. The zero-order valence-corrected chi connectivity index (χ0v) is 26.0. The van der Waals surface area contributed by atoms with E-state index in [2.05, 4.69) is 131 Å². The number of hydrogen-bond acceptors (Lipinski definition) is 4. The van der Waals surface area contributed by atoms with Gasteiger partial charge in [-0.1, -0.05) is 109 Å². The van der Waals surface area contributed by atoms with Crippen molar-refractivity contribution < 1.29 is 0 Å². The number of fused-ring (bicyclic) bond motifs is 4. The van der Waals surface area contributed by atoms with Crippen LogP contribution >= 0.6 is 0 Å². The Balaban J connectivity index is 1.15. The van der Waals surface area contributed by atoms with Crippen LogP contribution in [0.1, 0.15) is 22.3 Å². The van der Waals surface area contributed by atoms with Crippen LogP contribution in [0.4, 0.5) is 11.4 Å². The van der Waals surface area contributed by atoms with Gasteiger partial charge in [-0.3, -0.25) is 9.97 Å². The fraction of sp³-hybridized carbons (Fsp3) is 0. The largest absolute Gasteiger partial charge is 0.264 e. The first kappa shape index (κ1) is 27.8. The molecule has 1 aliphatic heterocycles. The van der Waals surface area contributed by atoms with E-state index in [1.54, 1.807) is 12.4 Å². The maximum atomic E-state index is 5.32. The van der Waals surface area contributed by atoms with Gasteiger partial charge >= 0.3 is 0 Å². The third kappa shape index (κ3) is 5.06. The van der Waals surface area contributed by atoms with Crippen LogP contribution < -0.4 is 0 Å². The zero-order valence-electron chi connectivity index (χ0n) is 26.0. The molecule has 9 rings (SSSR count). The third-order valence-electron chi connectivity index (χ3n) is 9.01. The highest BCUT2D eigenvalue weighted by molar-refractivity contribution is 6.23. The topological polar surface area (TPSA) is 50.5 Å². The lowest BCUT2D eigenvalue weighted by Gasteiger charge is -2.18. The summed E-state index contributed by atoms with van der Waals surface area (Å²) in [5.74, 6) is 0. The molecule has 2 aromatic heterocycles. The van der Waals surface area contributed by atoms with Gasteiger partial charge in [-0.25, -0.2) is 9.98 Å². The molecule has 0 saturated heterocycles. The van der Waals surface area contributed by atoms with Crippen LogP contribution in [-0.2, 0) is 0 Å². The quantitative estimate of drug-likeness (QED) is 0.199. The molecule has 6 aromatic carbocycles. The van der Waals surface area contributed by atoms with Gasteiger partial charge in [0.05, 0.1) is 22.8 Å². The van der Waals surface area contributed by atoms with Crippen LogP contribution in [0.3, 0.4) is 0 Å². The van der Waals surface area contributed by atoms with Crippen LogP contribution in [0.15, 0.2) is 180 Å². The molecule has 0 N–H and O–H groups in total. The van der Waals surface area contributed by atoms with Crippen LogP contribution in [0.25, 0.3) is 43.8 Å². The first-order valence-electron chi connectivity index (χ1n) is 16.0. The summed E-state index contributed by atoms with van der Waals surface area (Å²) in [6.45, 7) is 0. The van der Waals surface area contributed by atoms with Gasteiger partial charge in [0.15, 0.2) is 0 Å². The summed E-state index contributed by atoms with van der Waals surface area (Å²) in [5, 5.41) is 4.64. The number of aliphatic imine (C=N–C) groups is 2. The summed E-state index contributed by atoms with van der Waals surface area (Å²) in [6.07, 6.45) is 7.33. The molecule has 0 aliphatic carbocycles. The monoisotopic (exact) mass is 612 g/mol. The van der Waals surface area contributed by atoms with Crippen molar-refractivity contribution in [3.05, 3.63) is 193 Å². The summed E-state index contributed by atoms with van der Waals surface area (Å²) in [4.78, 5) is 19.7. The van der Waals surface area contributed by atoms with Crippen LogP contribution in [0.2, 0.25) is 0 Å². The fourth-order valence-electron chi connectivity index (χ4n) is 6.54. The number of pyridine rings is 2. The standard InChI is InChI=1S/C44H28N4/c1-3-7-29(8-4-1)31-11-13-35-25-37(17-15-33(35)23-31)43-39-27-45-21-19-41(39)48-44(40-28-46-22-20-42(40)47-43)38-18-16-34-24-32(12-14-36(34)26-38)30-9-5-2-6-10-30/h1-28H. The molecular formula is C44H28N4. The van der Waals surface area contributed by atoms with E-state index in [1.807, 2.05) is 36.7 Å². The van der Waals surface area contributed by atoms with Crippen molar-refractivity contribution in [3.63, 3.8) is 0 Å². The Morgan fingerprint density at radius 1 is 0.312 bits per heavy atom. The van der Waals surface area contributed by atoms with Crippen molar-refractivity contribution in [1.29, 1.82) is 0 Å². The van der Waals surface area contributed by atoms with E-state index in [1.165, 1.54) is 33.0 Å². The number of benzene rings is 6. The molecule has 3 heterocycles. The Bertz CT molecular complexity index is 2370. The molecule has 0 saturated carbocycles. The normalized spacial score (nSPS) is 12.4. The predicted molar refractivity (Wildman–Crippen MR) is 198 cm³/mol. The molecule has 0 fully saturated rings. The second-order valence-electron chi connectivity index (χ2n) is 12.0. The molecule has 0 amide bonds. The first-order valence-corrected chi connectivity index (χ1v) is 16.0. The van der Waals surface area contributed by atoms with Gasteiger partial charge < -0.3 is 0 Å². The van der Waals surface area contributed by atoms with Crippen LogP contribution in [-0.4, -0.2) is 21.4 Å². The predicted octanol–water partition coefficient (Wildman–Crippen LogP) is 10.8. The van der Waals surface area contributed by atoms with Crippen molar-refractivity contribution in [2.75, 3.05) is 0 Å². The molecule has 0 unspecified atom stereocenters. The molecule has 8 aromatic rings. The van der Waals surface area contributed by atoms with E-state index < -0.39 is 0 Å². The van der Waals surface area contributed by atoms with Crippen molar-refractivity contribution in [3.8, 4) is 22.3 Å². The maximum Gasteiger partial charge on any atom is 0.0819 e. The molecule has 48 heavy (non-hydrogen) atoms. The molecule has 4 heteroatoms. The Labute approximate surface area is 278 Å². The zero-order chi connectivity index (χ0) is 31.9. The molecule has 0 radical (unpaired) electrons. The van der Waals surface area contributed by atoms with Crippen molar-refractivity contribution in [2.45, 2.75) is 0 Å². The Hall–Kier alpha value is -6.52. The van der Waals surface area contributed by atoms with E-state index >= 15 is 0 Å². The molecule has 1 aliphatic rings. The highest BCUT2D eigenvalue weighted by Gasteiger charge is 2.21. The van der Waals surface area contributed by atoms with Crippen molar-refractivity contribution in [1.82, 2.24) is 9.97 Å². The van der Waals surface area contributed by atoms with Crippen molar-refractivity contribution >= 4 is 44.3 Å².